The summed E-state index contributed by atoms with van der Waals surface area (Å²) in [5.74, 6) is -0.726. The molecule has 1 aliphatic carbocycles. The van der Waals surface area contributed by atoms with E-state index in [0.717, 1.165) is 24.2 Å². The van der Waals surface area contributed by atoms with Crippen LogP contribution in [-0.2, 0) is 22.7 Å². The number of carbonyl (C=O) groups is 3. The standard InChI is InChI=1S/C21H26N4O3/c26-18-7-6-16(19(27)24-18)25-12-15-13(3-1-4-14(15)20(25)28)11-22-17-5-2-10-23-21(17)8-9-21/h1,3-4,16-17,22-23H,2,5-12H2,(H,24,26,27). The average molecular weight is 382 g/mol. The van der Waals surface area contributed by atoms with Crippen LogP contribution in [-0.4, -0.2) is 46.8 Å². The molecule has 7 heteroatoms. The molecular weight excluding hydrogens is 356 g/mol. The number of benzene rings is 1. The molecule has 5 rings (SSSR count). The monoisotopic (exact) mass is 382 g/mol. The summed E-state index contributed by atoms with van der Waals surface area (Å²) in [7, 11) is 0. The molecule has 4 aliphatic rings. The summed E-state index contributed by atoms with van der Waals surface area (Å²) in [4.78, 5) is 38.2. The Bertz CT molecular complexity index is 848. The second-order valence-electron chi connectivity index (χ2n) is 8.50. The van der Waals surface area contributed by atoms with E-state index in [0.29, 0.717) is 24.6 Å². The molecule has 2 atom stereocenters. The first-order chi connectivity index (χ1) is 13.6. The Morgan fingerprint density at radius 3 is 2.82 bits per heavy atom. The van der Waals surface area contributed by atoms with Crippen LogP contribution in [0.3, 0.4) is 0 Å². The minimum atomic E-state index is -0.560. The van der Waals surface area contributed by atoms with Crippen molar-refractivity contribution in [2.75, 3.05) is 6.54 Å². The average Bonchev–Trinajstić information content (AvgIpc) is 3.37. The van der Waals surface area contributed by atoms with Crippen LogP contribution in [0, 0.1) is 0 Å². The number of nitrogens with zero attached hydrogens (tertiary/aromatic N) is 1. The fourth-order valence-electron chi connectivity index (χ4n) is 5.05. The van der Waals surface area contributed by atoms with Crippen molar-refractivity contribution in [3.8, 4) is 0 Å². The maximum atomic E-state index is 12.9. The fourth-order valence-corrected chi connectivity index (χ4v) is 5.05. The van der Waals surface area contributed by atoms with Gasteiger partial charge in [0.05, 0.1) is 0 Å². The lowest BCUT2D eigenvalue weighted by atomic mass is 9.95. The summed E-state index contributed by atoms with van der Waals surface area (Å²) in [6, 6.07) is 5.75. The van der Waals surface area contributed by atoms with Gasteiger partial charge in [0.1, 0.15) is 6.04 Å². The zero-order valence-electron chi connectivity index (χ0n) is 15.9. The van der Waals surface area contributed by atoms with Crippen molar-refractivity contribution < 1.29 is 14.4 Å². The van der Waals surface area contributed by atoms with Gasteiger partial charge in [-0.25, -0.2) is 0 Å². The van der Waals surface area contributed by atoms with Crippen LogP contribution in [0.2, 0.25) is 0 Å². The lowest BCUT2D eigenvalue weighted by molar-refractivity contribution is -0.136. The van der Waals surface area contributed by atoms with E-state index in [1.807, 2.05) is 12.1 Å². The molecule has 0 bridgehead atoms. The number of hydrogen-bond acceptors (Lipinski definition) is 5. The fraction of sp³-hybridized carbons (Fsp3) is 0.571. The predicted molar refractivity (Wildman–Crippen MR) is 102 cm³/mol. The summed E-state index contributed by atoms with van der Waals surface area (Å²) < 4.78 is 0. The molecule has 148 valence electrons. The van der Waals surface area contributed by atoms with Crippen LogP contribution in [0.4, 0.5) is 0 Å². The van der Waals surface area contributed by atoms with E-state index in [2.05, 4.69) is 22.0 Å². The number of amides is 3. The Morgan fingerprint density at radius 1 is 1.18 bits per heavy atom. The van der Waals surface area contributed by atoms with Gasteiger partial charge >= 0.3 is 0 Å². The Balaban J connectivity index is 1.32. The topological polar surface area (TPSA) is 90.5 Å². The first-order valence-electron chi connectivity index (χ1n) is 10.3. The molecule has 2 saturated heterocycles. The highest BCUT2D eigenvalue weighted by molar-refractivity contribution is 6.05. The van der Waals surface area contributed by atoms with E-state index in [4.69, 9.17) is 0 Å². The molecule has 7 nitrogen and oxygen atoms in total. The Labute approximate surface area is 164 Å². The first kappa shape index (κ1) is 17.8. The van der Waals surface area contributed by atoms with Gasteiger partial charge in [0.25, 0.3) is 5.91 Å². The number of fused-ring (bicyclic) bond motifs is 1. The van der Waals surface area contributed by atoms with Crippen molar-refractivity contribution in [2.45, 2.75) is 69.2 Å². The Kier molecular flexibility index (Phi) is 4.25. The van der Waals surface area contributed by atoms with E-state index in [1.165, 1.54) is 25.7 Å². The van der Waals surface area contributed by atoms with Crippen LogP contribution >= 0.6 is 0 Å². The molecule has 1 saturated carbocycles. The second kappa shape index (κ2) is 6.67. The summed E-state index contributed by atoms with van der Waals surface area (Å²) in [6.07, 6.45) is 5.52. The SMILES string of the molecule is O=C1CCC(N2Cc3c(CNC4CCCNC45CC5)cccc3C2=O)C(=O)N1. The van der Waals surface area contributed by atoms with Gasteiger partial charge in [0.2, 0.25) is 11.8 Å². The predicted octanol–water partition coefficient (Wildman–Crippen LogP) is 0.822. The Morgan fingerprint density at radius 2 is 2.04 bits per heavy atom. The number of piperidine rings is 2. The molecule has 1 aromatic rings. The molecule has 3 amide bonds. The summed E-state index contributed by atoms with van der Waals surface area (Å²) >= 11 is 0. The normalized spacial score (nSPS) is 28.4. The zero-order chi connectivity index (χ0) is 19.3. The van der Waals surface area contributed by atoms with Gasteiger partial charge in [-0.15, -0.1) is 0 Å². The Hall–Kier alpha value is -2.25. The molecule has 1 aromatic carbocycles. The van der Waals surface area contributed by atoms with Crippen molar-refractivity contribution >= 4 is 17.7 Å². The van der Waals surface area contributed by atoms with Gasteiger partial charge in [-0.3, -0.25) is 19.7 Å². The lowest BCUT2D eigenvalue weighted by Crippen LogP contribution is -2.53. The van der Waals surface area contributed by atoms with Crippen molar-refractivity contribution in [1.29, 1.82) is 0 Å². The van der Waals surface area contributed by atoms with Gasteiger partial charge in [-0.1, -0.05) is 12.1 Å². The number of rotatable bonds is 4. The molecule has 2 unspecified atom stereocenters. The maximum absolute atomic E-state index is 12.9. The molecule has 0 radical (unpaired) electrons. The third-order valence-electron chi connectivity index (χ3n) is 6.82. The number of nitrogens with one attached hydrogen (secondary N) is 3. The lowest BCUT2D eigenvalue weighted by Gasteiger charge is -2.34. The van der Waals surface area contributed by atoms with Crippen molar-refractivity contribution in [2.24, 2.45) is 0 Å². The first-order valence-corrected chi connectivity index (χ1v) is 10.3. The van der Waals surface area contributed by atoms with E-state index >= 15 is 0 Å². The third-order valence-corrected chi connectivity index (χ3v) is 6.82. The molecule has 1 spiro atoms. The largest absolute Gasteiger partial charge is 0.322 e. The van der Waals surface area contributed by atoms with Crippen LogP contribution in [0.1, 0.15) is 60.0 Å². The number of carbonyl (C=O) groups excluding carboxylic acids is 3. The number of imide groups is 1. The van der Waals surface area contributed by atoms with Crippen molar-refractivity contribution in [3.63, 3.8) is 0 Å². The molecule has 3 aliphatic heterocycles. The highest BCUT2D eigenvalue weighted by Crippen LogP contribution is 2.42. The molecule has 28 heavy (non-hydrogen) atoms. The third kappa shape index (κ3) is 2.93. The van der Waals surface area contributed by atoms with E-state index < -0.39 is 6.04 Å². The van der Waals surface area contributed by atoms with Crippen molar-refractivity contribution in [3.05, 3.63) is 34.9 Å². The van der Waals surface area contributed by atoms with Crippen LogP contribution in [0.15, 0.2) is 18.2 Å². The van der Waals surface area contributed by atoms with Gasteiger partial charge in [-0.2, -0.15) is 0 Å². The van der Waals surface area contributed by atoms with Gasteiger partial charge in [0.15, 0.2) is 0 Å². The van der Waals surface area contributed by atoms with Gasteiger partial charge < -0.3 is 15.5 Å². The molecular formula is C21H26N4O3. The highest BCUT2D eigenvalue weighted by atomic mass is 16.2. The van der Waals surface area contributed by atoms with Gasteiger partial charge in [-0.05, 0) is 55.8 Å². The van der Waals surface area contributed by atoms with Crippen LogP contribution in [0.25, 0.3) is 0 Å². The summed E-state index contributed by atoms with van der Waals surface area (Å²) in [6.45, 7) is 2.27. The molecule has 0 aromatic heterocycles. The van der Waals surface area contributed by atoms with Crippen molar-refractivity contribution in [1.82, 2.24) is 20.9 Å². The minimum Gasteiger partial charge on any atom is -0.322 e. The summed E-state index contributed by atoms with van der Waals surface area (Å²) in [5.41, 5.74) is 3.11. The minimum absolute atomic E-state index is 0.107. The van der Waals surface area contributed by atoms with E-state index in [9.17, 15) is 14.4 Å². The zero-order valence-corrected chi connectivity index (χ0v) is 15.9. The van der Waals surface area contributed by atoms with Crippen LogP contribution in [0.5, 0.6) is 0 Å². The second-order valence-corrected chi connectivity index (χ2v) is 8.50. The molecule has 3 fully saturated rings. The summed E-state index contributed by atoms with van der Waals surface area (Å²) in [5, 5.41) is 9.77. The van der Waals surface area contributed by atoms with E-state index in [-0.39, 0.29) is 29.7 Å². The maximum Gasteiger partial charge on any atom is 0.255 e. The van der Waals surface area contributed by atoms with Crippen LogP contribution < -0.4 is 16.0 Å². The number of hydrogen-bond donors (Lipinski definition) is 3. The smallest absolute Gasteiger partial charge is 0.255 e. The van der Waals surface area contributed by atoms with Gasteiger partial charge in [0, 0.05) is 36.7 Å². The quantitative estimate of drug-likeness (QED) is 0.671. The van der Waals surface area contributed by atoms with E-state index in [1.54, 1.807) is 4.90 Å². The highest BCUT2D eigenvalue weighted by Gasteiger charge is 2.50. The molecule has 3 N–H and O–H groups in total. The molecule has 3 heterocycles.